The molecule has 0 radical (unpaired) electrons. The summed E-state index contributed by atoms with van der Waals surface area (Å²) in [7, 11) is 0. The Morgan fingerprint density at radius 3 is 2.64 bits per heavy atom. The standard InChI is InChI=1S/C18H16FN3O3/c1-11(23)20-13-7-8-14(19)15(9-13)21-18(24)16-10-17(25-22-16)12-5-3-2-4-6-12/h2-9,17H,10H2,1H3,(H,20,23)(H,21,24)/t17-/m1/s1. The first kappa shape index (κ1) is 16.6. The molecule has 25 heavy (non-hydrogen) atoms. The number of carbonyl (C=O) groups excluding carboxylic acids is 2. The zero-order valence-corrected chi connectivity index (χ0v) is 13.5. The number of anilines is 2. The van der Waals surface area contributed by atoms with Gasteiger partial charge < -0.3 is 15.5 Å². The van der Waals surface area contributed by atoms with Gasteiger partial charge >= 0.3 is 0 Å². The molecule has 2 N–H and O–H groups in total. The third kappa shape index (κ3) is 4.00. The maximum atomic E-state index is 13.9. The summed E-state index contributed by atoms with van der Waals surface area (Å²) in [5, 5.41) is 8.80. The molecule has 1 aliphatic rings. The van der Waals surface area contributed by atoms with Crippen LogP contribution in [0.15, 0.2) is 53.7 Å². The Morgan fingerprint density at radius 1 is 1.16 bits per heavy atom. The van der Waals surface area contributed by atoms with Crippen LogP contribution in [0, 0.1) is 5.82 Å². The van der Waals surface area contributed by atoms with E-state index in [4.69, 9.17) is 4.84 Å². The first-order valence-electron chi connectivity index (χ1n) is 7.69. The van der Waals surface area contributed by atoms with Crippen molar-refractivity contribution in [2.75, 3.05) is 10.6 Å². The number of nitrogens with one attached hydrogen (secondary N) is 2. The predicted octanol–water partition coefficient (Wildman–Crippen LogP) is 3.24. The first-order chi connectivity index (χ1) is 12.0. The summed E-state index contributed by atoms with van der Waals surface area (Å²) in [4.78, 5) is 28.7. The summed E-state index contributed by atoms with van der Waals surface area (Å²) >= 11 is 0. The van der Waals surface area contributed by atoms with E-state index in [1.165, 1.54) is 25.1 Å². The number of hydrogen-bond acceptors (Lipinski definition) is 4. The summed E-state index contributed by atoms with van der Waals surface area (Å²) in [5.41, 5.74) is 1.43. The van der Waals surface area contributed by atoms with Gasteiger partial charge in [0, 0.05) is 19.0 Å². The molecule has 2 aromatic carbocycles. The molecule has 0 spiro atoms. The normalized spacial score (nSPS) is 15.9. The lowest BCUT2D eigenvalue weighted by atomic mass is 10.0. The number of oxime groups is 1. The summed E-state index contributed by atoms with van der Waals surface area (Å²) in [5.74, 6) is -1.44. The number of benzene rings is 2. The van der Waals surface area contributed by atoms with Crippen molar-refractivity contribution in [2.45, 2.75) is 19.4 Å². The third-order valence-corrected chi connectivity index (χ3v) is 3.64. The highest BCUT2D eigenvalue weighted by Gasteiger charge is 2.27. The average Bonchev–Trinajstić information content (AvgIpc) is 3.08. The zero-order chi connectivity index (χ0) is 17.8. The molecule has 0 bridgehead atoms. The van der Waals surface area contributed by atoms with Crippen LogP contribution in [0.25, 0.3) is 0 Å². The molecular formula is C18H16FN3O3. The second kappa shape index (κ2) is 7.12. The van der Waals surface area contributed by atoms with Crippen LogP contribution in [0.1, 0.15) is 25.0 Å². The van der Waals surface area contributed by atoms with Gasteiger partial charge in [-0.15, -0.1) is 0 Å². The highest BCUT2D eigenvalue weighted by atomic mass is 19.1. The second-order valence-corrected chi connectivity index (χ2v) is 5.58. The smallest absolute Gasteiger partial charge is 0.273 e. The van der Waals surface area contributed by atoms with Crippen molar-refractivity contribution >= 4 is 28.9 Å². The molecule has 0 aliphatic carbocycles. The molecule has 1 atom stereocenters. The molecule has 0 aromatic heterocycles. The molecule has 6 nitrogen and oxygen atoms in total. The topological polar surface area (TPSA) is 79.8 Å². The first-order valence-corrected chi connectivity index (χ1v) is 7.69. The van der Waals surface area contributed by atoms with Gasteiger partial charge in [-0.1, -0.05) is 35.5 Å². The molecule has 128 valence electrons. The molecule has 3 rings (SSSR count). The van der Waals surface area contributed by atoms with Crippen LogP contribution < -0.4 is 10.6 Å². The highest BCUT2D eigenvalue weighted by Crippen LogP contribution is 2.28. The number of hydrogen-bond donors (Lipinski definition) is 2. The summed E-state index contributed by atoms with van der Waals surface area (Å²) in [6.07, 6.45) is -0.0411. The van der Waals surface area contributed by atoms with Crippen LogP contribution in [0.5, 0.6) is 0 Å². The van der Waals surface area contributed by atoms with E-state index in [0.717, 1.165) is 5.56 Å². The maximum absolute atomic E-state index is 13.9. The minimum Gasteiger partial charge on any atom is -0.387 e. The minimum absolute atomic E-state index is 0.0397. The van der Waals surface area contributed by atoms with E-state index in [9.17, 15) is 14.0 Å². The Hall–Kier alpha value is -3.22. The van der Waals surface area contributed by atoms with Crippen molar-refractivity contribution in [2.24, 2.45) is 5.16 Å². The van der Waals surface area contributed by atoms with E-state index in [1.807, 2.05) is 30.3 Å². The van der Waals surface area contributed by atoms with Crippen molar-refractivity contribution in [1.29, 1.82) is 0 Å². The highest BCUT2D eigenvalue weighted by molar-refractivity contribution is 6.43. The Kier molecular flexibility index (Phi) is 4.74. The summed E-state index contributed by atoms with van der Waals surface area (Å²) in [6, 6.07) is 13.3. The maximum Gasteiger partial charge on any atom is 0.273 e. The number of carbonyl (C=O) groups is 2. The van der Waals surface area contributed by atoms with Gasteiger partial charge in [0.2, 0.25) is 5.91 Å². The van der Waals surface area contributed by atoms with E-state index in [1.54, 1.807) is 0 Å². The van der Waals surface area contributed by atoms with Crippen molar-refractivity contribution in [3.63, 3.8) is 0 Å². The minimum atomic E-state index is -0.610. The van der Waals surface area contributed by atoms with Crippen LogP contribution in [-0.4, -0.2) is 17.5 Å². The van der Waals surface area contributed by atoms with E-state index >= 15 is 0 Å². The second-order valence-electron chi connectivity index (χ2n) is 5.58. The fourth-order valence-corrected chi connectivity index (χ4v) is 2.45. The number of amides is 2. The van der Waals surface area contributed by atoms with Crippen molar-refractivity contribution in [1.82, 2.24) is 0 Å². The number of nitrogens with zero attached hydrogens (tertiary/aromatic N) is 1. The fraction of sp³-hybridized carbons (Fsp3) is 0.167. The van der Waals surface area contributed by atoms with Gasteiger partial charge in [-0.2, -0.15) is 0 Å². The molecule has 0 unspecified atom stereocenters. The Bertz CT molecular complexity index is 837. The predicted molar refractivity (Wildman–Crippen MR) is 91.7 cm³/mol. The summed E-state index contributed by atoms with van der Waals surface area (Å²) in [6.45, 7) is 1.34. The van der Waals surface area contributed by atoms with E-state index in [2.05, 4.69) is 15.8 Å². The van der Waals surface area contributed by atoms with E-state index < -0.39 is 11.7 Å². The Balaban J connectivity index is 1.68. The zero-order valence-electron chi connectivity index (χ0n) is 13.5. The van der Waals surface area contributed by atoms with E-state index in [-0.39, 0.29) is 23.4 Å². The molecule has 7 heteroatoms. The van der Waals surface area contributed by atoms with E-state index in [0.29, 0.717) is 12.1 Å². The fourth-order valence-electron chi connectivity index (χ4n) is 2.45. The SMILES string of the molecule is CC(=O)Nc1ccc(F)c(NC(=O)C2=NO[C@@H](c3ccccc3)C2)c1. The molecule has 0 fully saturated rings. The van der Waals surface area contributed by atoms with Gasteiger partial charge in [-0.3, -0.25) is 9.59 Å². The largest absolute Gasteiger partial charge is 0.387 e. The van der Waals surface area contributed by atoms with Crippen LogP contribution in [0.3, 0.4) is 0 Å². The van der Waals surface area contributed by atoms with Gasteiger partial charge in [0.05, 0.1) is 5.69 Å². The molecular weight excluding hydrogens is 325 g/mol. The van der Waals surface area contributed by atoms with Crippen LogP contribution >= 0.6 is 0 Å². The van der Waals surface area contributed by atoms with Gasteiger partial charge in [-0.05, 0) is 23.8 Å². The van der Waals surface area contributed by atoms with Crippen molar-refractivity contribution in [3.8, 4) is 0 Å². The Labute approximate surface area is 143 Å². The average molecular weight is 341 g/mol. The third-order valence-electron chi connectivity index (χ3n) is 3.64. The lowest BCUT2D eigenvalue weighted by Crippen LogP contribution is -2.22. The van der Waals surface area contributed by atoms with Crippen LogP contribution in [0.4, 0.5) is 15.8 Å². The van der Waals surface area contributed by atoms with Gasteiger partial charge in [0.25, 0.3) is 5.91 Å². The van der Waals surface area contributed by atoms with Crippen LogP contribution in [0.2, 0.25) is 0 Å². The monoisotopic (exact) mass is 341 g/mol. The molecule has 0 saturated carbocycles. The molecule has 2 amide bonds. The lowest BCUT2D eigenvalue weighted by molar-refractivity contribution is -0.114. The molecule has 1 heterocycles. The molecule has 2 aromatic rings. The van der Waals surface area contributed by atoms with Crippen molar-refractivity contribution < 1.29 is 18.8 Å². The van der Waals surface area contributed by atoms with Crippen molar-refractivity contribution in [3.05, 3.63) is 59.9 Å². The number of halogens is 1. The number of rotatable bonds is 4. The molecule has 1 aliphatic heterocycles. The lowest BCUT2D eigenvalue weighted by Gasteiger charge is -2.09. The summed E-state index contributed by atoms with van der Waals surface area (Å²) < 4.78 is 13.9. The van der Waals surface area contributed by atoms with Gasteiger partial charge in [0.1, 0.15) is 11.5 Å². The van der Waals surface area contributed by atoms with Gasteiger partial charge in [0.15, 0.2) is 6.10 Å². The van der Waals surface area contributed by atoms with Gasteiger partial charge in [-0.25, -0.2) is 4.39 Å². The quantitative estimate of drug-likeness (QED) is 0.896. The molecule has 0 saturated heterocycles. The Morgan fingerprint density at radius 2 is 1.92 bits per heavy atom. The van der Waals surface area contributed by atoms with Crippen LogP contribution in [-0.2, 0) is 14.4 Å².